The largest absolute Gasteiger partial charge is 0.507 e. The van der Waals surface area contributed by atoms with Crippen molar-refractivity contribution in [1.29, 1.82) is 0 Å². The van der Waals surface area contributed by atoms with Gasteiger partial charge in [0.15, 0.2) is 16.9 Å². The number of halogens is 1. The maximum Gasteiger partial charge on any atom is 0.280 e. The monoisotopic (exact) mass is 362 g/mol. The molecule has 0 fully saturated rings. The quantitative estimate of drug-likeness (QED) is 0.384. The topological polar surface area (TPSA) is 72.6 Å². The standard InChI is InChI=1S/C11H11IN2O4/c12-7-18-13-10(11-14-17-6-5-16-11)8-3-1-2-4-9(8)15/h1-4,15H,5-7H2/b13-10+. The minimum absolute atomic E-state index is 0.0742. The van der Waals surface area contributed by atoms with Crippen LogP contribution in [-0.4, -0.2) is 34.5 Å². The van der Waals surface area contributed by atoms with Gasteiger partial charge in [-0.05, 0) is 39.9 Å². The second-order valence-corrected chi connectivity index (χ2v) is 3.90. The Bertz CT molecular complexity index is 476. The molecule has 1 aromatic rings. The molecule has 1 aliphatic heterocycles. The lowest BCUT2D eigenvalue weighted by Gasteiger charge is -2.15. The van der Waals surface area contributed by atoms with E-state index < -0.39 is 0 Å². The Balaban J connectivity index is 2.37. The molecule has 2 rings (SSSR count). The van der Waals surface area contributed by atoms with Crippen molar-refractivity contribution in [2.45, 2.75) is 0 Å². The maximum absolute atomic E-state index is 9.82. The lowest BCUT2D eigenvalue weighted by atomic mass is 10.1. The van der Waals surface area contributed by atoms with E-state index in [2.05, 4.69) is 10.3 Å². The van der Waals surface area contributed by atoms with Gasteiger partial charge in [0.1, 0.15) is 12.4 Å². The van der Waals surface area contributed by atoms with Crippen molar-refractivity contribution in [3.05, 3.63) is 29.8 Å². The predicted octanol–water partition coefficient (Wildman–Crippen LogP) is 1.87. The van der Waals surface area contributed by atoms with Crippen LogP contribution in [0.4, 0.5) is 0 Å². The average Bonchev–Trinajstić information content (AvgIpc) is 2.42. The van der Waals surface area contributed by atoms with E-state index in [1.165, 1.54) is 0 Å². The molecule has 1 heterocycles. The number of hydrogen-bond donors (Lipinski definition) is 1. The number of alkyl halides is 1. The van der Waals surface area contributed by atoms with E-state index in [0.717, 1.165) is 0 Å². The van der Waals surface area contributed by atoms with Crippen molar-refractivity contribution >= 4 is 34.2 Å². The lowest BCUT2D eigenvalue weighted by Crippen LogP contribution is -2.25. The van der Waals surface area contributed by atoms with E-state index in [4.69, 9.17) is 14.4 Å². The highest BCUT2D eigenvalue weighted by Gasteiger charge is 2.21. The Morgan fingerprint density at radius 3 is 2.94 bits per heavy atom. The molecule has 18 heavy (non-hydrogen) atoms. The van der Waals surface area contributed by atoms with Crippen molar-refractivity contribution in [2.75, 3.05) is 17.8 Å². The van der Waals surface area contributed by atoms with E-state index >= 15 is 0 Å². The van der Waals surface area contributed by atoms with E-state index in [0.29, 0.717) is 29.1 Å². The van der Waals surface area contributed by atoms with Crippen LogP contribution in [0.15, 0.2) is 34.6 Å². The van der Waals surface area contributed by atoms with Crippen molar-refractivity contribution in [2.24, 2.45) is 10.3 Å². The van der Waals surface area contributed by atoms with Gasteiger partial charge < -0.3 is 19.5 Å². The minimum Gasteiger partial charge on any atom is -0.507 e. The molecule has 0 saturated heterocycles. The third-order valence-electron chi connectivity index (χ3n) is 2.13. The molecule has 0 amide bonds. The van der Waals surface area contributed by atoms with Gasteiger partial charge in [-0.15, -0.1) is 0 Å². The number of ether oxygens (including phenoxy) is 1. The average molecular weight is 362 g/mol. The van der Waals surface area contributed by atoms with Gasteiger partial charge in [-0.25, -0.2) is 0 Å². The van der Waals surface area contributed by atoms with Crippen LogP contribution in [0.5, 0.6) is 5.75 Å². The molecule has 6 nitrogen and oxygen atoms in total. The molecule has 1 aromatic carbocycles. The Kier molecular flexibility index (Phi) is 4.62. The van der Waals surface area contributed by atoms with E-state index in [1.54, 1.807) is 24.3 Å². The molecule has 0 saturated carbocycles. The molecule has 0 bridgehead atoms. The molecule has 0 aromatic heterocycles. The van der Waals surface area contributed by atoms with Crippen molar-refractivity contribution < 1.29 is 19.5 Å². The van der Waals surface area contributed by atoms with Crippen LogP contribution in [-0.2, 0) is 14.4 Å². The number of para-hydroxylation sites is 1. The molecule has 1 aliphatic rings. The SMILES string of the molecule is Oc1ccccc1/C(=N\OCI)C1=NOCCO1. The normalized spacial score (nSPS) is 15.4. The van der Waals surface area contributed by atoms with Gasteiger partial charge in [0, 0.05) is 0 Å². The number of benzene rings is 1. The zero-order valence-electron chi connectivity index (χ0n) is 9.38. The molecular formula is C11H11IN2O4. The van der Waals surface area contributed by atoms with Crippen molar-refractivity contribution in [3.63, 3.8) is 0 Å². The van der Waals surface area contributed by atoms with Crippen LogP contribution in [0.1, 0.15) is 5.56 Å². The summed E-state index contributed by atoms with van der Waals surface area (Å²) in [5.41, 5.74) is 0.788. The predicted molar refractivity (Wildman–Crippen MR) is 74.0 cm³/mol. The highest BCUT2D eigenvalue weighted by molar-refractivity contribution is 14.1. The molecule has 0 aliphatic carbocycles. The van der Waals surface area contributed by atoms with Crippen molar-refractivity contribution in [3.8, 4) is 5.75 Å². The Morgan fingerprint density at radius 2 is 2.28 bits per heavy atom. The van der Waals surface area contributed by atoms with E-state index in [-0.39, 0.29) is 11.6 Å². The van der Waals surface area contributed by atoms with Crippen LogP contribution in [0.3, 0.4) is 0 Å². The van der Waals surface area contributed by atoms with Gasteiger partial charge in [-0.2, -0.15) is 0 Å². The fraction of sp³-hybridized carbons (Fsp3) is 0.273. The third-order valence-corrected chi connectivity index (χ3v) is 2.41. The number of rotatable bonds is 4. The van der Waals surface area contributed by atoms with Gasteiger partial charge >= 0.3 is 0 Å². The first kappa shape index (κ1) is 12.9. The summed E-state index contributed by atoms with van der Waals surface area (Å²) in [4.78, 5) is 9.95. The zero-order chi connectivity index (χ0) is 12.8. The van der Waals surface area contributed by atoms with E-state index in [1.807, 2.05) is 22.6 Å². The maximum atomic E-state index is 9.82. The lowest BCUT2D eigenvalue weighted by molar-refractivity contribution is 0.0672. The van der Waals surface area contributed by atoms with E-state index in [9.17, 15) is 5.11 Å². The number of hydrogen-bond acceptors (Lipinski definition) is 6. The highest BCUT2D eigenvalue weighted by atomic mass is 127. The van der Waals surface area contributed by atoms with Crippen molar-refractivity contribution in [1.82, 2.24) is 0 Å². The molecule has 0 unspecified atom stereocenters. The summed E-state index contributed by atoms with van der Waals surface area (Å²) in [5, 5.41) is 17.5. The van der Waals surface area contributed by atoms with Gasteiger partial charge in [-0.1, -0.05) is 17.3 Å². The first-order chi connectivity index (χ1) is 8.83. The smallest absolute Gasteiger partial charge is 0.280 e. The third kappa shape index (κ3) is 3.03. The van der Waals surface area contributed by atoms with Gasteiger partial charge in [0.05, 0.1) is 5.56 Å². The summed E-state index contributed by atoms with van der Waals surface area (Å²) in [5.74, 6) is 0.276. The Hall–Kier alpha value is -1.51. The minimum atomic E-state index is 0.0742. The number of phenols is 1. The number of oxime groups is 2. The van der Waals surface area contributed by atoms with Crippen LogP contribution < -0.4 is 0 Å². The van der Waals surface area contributed by atoms with Crippen LogP contribution >= 0.6 is 22.6 Å². The molecule has 96 valence electrons. The van der Waals surface area contributed by atoms with Gasteiger partial charge in [0.2, 0.25) is 0 Å². The second kappa shape index (κ2) is 6.43. The fourth-order valence-corrected chi connectivity index (χ4v) is 1.52. The summed E-state index contributed by atoms with van der Waals surface area (Å²) in [6, 6.07) is 6.75. The Morgan fingerprint density at radius 1 is 1.44 bits per heavy atom. The number of aromatic hydroxyl groups is 1. The molecule has 7 heteroatoms. The summed E-state index contributed by atoms with van der Waals surface area (Å²) in [6.07, 6.45) is 0. The Labute approximate surface area is 117 Å². The molecule has 0 radical (unpaired) electrons. The molecule has 0 spiro atoms. The highest BCUT2D eigenvalue weighted by Crippen LogP contribution is 2.19. The zero-order valence-corrected chi connectivity index (χ0v) is 11.5. The first-order valence-corrected chi connectivity index (χ1v) is 6.73. The van der Waals surface area contributed by atoms with Gasteiger partial charge in [-0.3, -0.25) is 0 Å². The number of phenolic OH excluding ortho intramolecular Hbond substituents is 1. The molecule has 1 N–H and O–H groups in total. The molecule has 0 atom stereocenters. The van der Waals surface area contributed by atoms with Gasteiger partial charge in [0.25, 0.3) is 5.90 Å². The molecular weight excluding hydrogens is 351 g/mol. The summed E-state index contributed by atoms with van der Waals surface area (Å²) >= 11 is 2.02. The fourth-order valence-electron chi connectivity index (χ4n) is 1.38. The first-order valence-electron chi connectivity index (χ1n) is 5.20. The van der Waals surface area contributed by atoms with Crippen LogP contribution in [0.2, 0.25) is 0 Å². The number of nitrogens with zero attached hydrogens (tertiary/aromatic N) is 2. The summed E-state index contributed by atoms with van der Waals surface area (Å²) in [6.45, 7) is 0.778. The van der Waals surface area contributed by atoms with Crippen LogP contribution in [0.25, 0.3) is 0 Å². The summed E-state index contributed by atoms with van der Waals surface area (Å²) < 4.78 is 5.73. The van der Waals surface area contributed by atoms with Crippen LogP contribution in [0, 0.1) is 0 Å². The second-order valence-electron chi connectivity index (χ2n) is 3.27. The summed E-state index contributed by atoms with van der Waals surface area (Å²) in [7, 11) is 0.